The minimum absolute atomic E-state index is 0.0299. The Bertz CT molecular complexity index is 1280. The molecule has 8 nitrogen and oxygen atoms in total. The molecule has 2 heterocycles. The molecule has 12 heteroatoms. The fraction of sp³-hybridized carbons (Fsp3) is 0.455. The molecule has 1 amide bonds. The minimum atomic E-state index is -4.86. The van der Waals surface area contributed by atoms with Crippen LogP contribution in [0.4, 0.5) is 18.9 Å². The van der Waals surface area contributed by atoms with Gasteiger partial charge >= 0.3 is 6.18 Å². The summed E-state index contributed by atoms with van der Waals surface area (Å²) in [7, 11) is -4.01. The number of alkyl halides is 3. The zero-order chi connectivity index (χ0) is 24.8. The molecule has 4 rings (SSSR count). The topological polar surface area (TPSA) is 119 Å². The van der Waals surface area contributed by atoms with Crippen molar-refractivity contribution in [1.82, 2.24) is 9.78 Å². The Kier molecular flexibility index (Phi) is 6.23. The molecule has 184 valence electrons. The first-order valence-corrected chi connectivity index (χ1v) is 12.7. The van der Waals surface area contributed by atoms with Gasteiger partial charge in [-0.15, -0.1) is 0 Å². The molecule has 0 spiro atoms. The molecular formula is C22H25F3N4O4S. The molecule has 1 aliphatic heterocycles. The van der Waals surface area contributed by atoms with Gasteiger partial charge in [-0.2, -0.15) is 18.3 Å². The monoisotopic (exact) mass is 498 g/mol. The molecule has 2 aliphatic rings. The van der Waals surface area contributed by atoms with Crippen molar-refractivity contribution in [3.8, 4) is 0 Å². The molecule has 1 aromatic carbocycles. The summed E-state index contributed by atoms with van der Waals surface area (Å²) in [5.74, 6) is -0.822. The average Bonchev–Trinajstić information content (AvgIpc) is 3.19. The number of sulfone groups is 1. The number of aliphatic hydroxyl groups excluding tert-OH is 1. The van der Waals surface area contributed by atoms with Crippen LogP contribution in [-0.4, -0.2) is 54.3 Å². The maximum atomic E-state index is 13.9. The number of nitrogens with zero attached hydrogens (tertiary/aromatic N) is 3. The Hall–Kier alpha value is -2.86. The van der Waals surface area contributed by atoms with E-state index < -0.39 is 33.7 Å². The maximum Gasteiger partial charge on any atom is 0.431 e. The van der Waals surface area contributed by atoms with Gasteiger partial charge in [0.2, 0.25) is 5.91 Å². The number of benzene rings is 1. The zero-order valence-electron chi connectivity index (χ0n) is 18.4. The summed E-state index contributed by atoms with van der Waals surface area (Å²) in [4.78, 5) is 12.3. The Labute approximate surface area is 194 Å². The second kappa shape index (κ2) is 8.73. The van der Waals surface area contributed by atoms with Crippen molar-refractivity contribution in [2.45, 2.75) is 48.8 Å². The highest BCUT2D eigenvalue weighted by atomic mass is 32.2. The number of aliphatic hydroxyl groups is 1. The van der Waals surface area contributed by atoms with E-state index in [0.717, 1.165) is 44.1 Å². The van der Waals surface area contributed by atoms with Gasteiger partial charge in [0.1, 0.15) is 11.7 Å². The molecule has 1 fully saturated rings. The van der Waals surface area contributed by atoms with Gasteiger partial charge in [-0.25, -0.2) is 8.42 Å². The summed E-state index contributed by atoms with van der Waals surface area (Å²) < 4.78 is 68.6. The first-order valence-electron chi connectivity index (χ1n) is 10.8. The first-order chi connectivity index (χ1) is 15.9. The van der Waals surface area contributed by atoms with Crippen LogP contribution < -0.4 is 10.6 Å². The van der Waals surface area contributed by atoms with Crippen molar-refractivity contribution in [3.05, 3.63) is 42.3 Å². The number of halogens is 3. The predicted octanol–water partition coefficient (Wildman–Crippen LogP) is 2.84. The highest BCUT2D eigenvalue weighted by Crippen LogP contribution is 2.41. The summed E-state index contributed by atoms with van der Waals surface area (Å²) in [5, 5.41) is 14.3. The second-order valence-electron chi connectivity index (χ2n) is 8.77. The highest BCUT2D eigenvalue weighted by Gasteiger charge is 2.44. The standard InChI is InChI=1S/C22H25F3N4O4S/c1-34(32,33)19-10-16-14(11-28(27-16)15-7-5-13(12-30)6-8-15)9-18(19)29-17(21(26)31)3-2-4-20(29)22(23,24)25/h2-4,9-11,13,15,17,30H,5-8,12H2,1H3,(H2,26,31). The second-order valence-corrected chi connectivity index (χ2v) is 10.8. The Balaban J connectivity index is 1.86. The van der Waals surface area contributed by atoms with Crippen LogP contribution in [0.25, 0.3) is 10.9 Å². The Morgan fingerprint density at radius 1 is 1.24 bits per heavy atom. The number of nitrogens with two attached hydrogens (primary N) is 1. The number of rotatable bonds is 5. The highest BCUT2D eigenvalue weighted by molar-refractivity contribution is 7.90. The average molecular weight is 499 g/mol. The molecule has 34 heavy (non-hydrogen) atoms. The van der Waals surface area contributed by atoms with Crippen LogP contribution in [0.15, 0.2) is 47.2 Å². The van der Waals surface area contributed by atoms with Crippen molar-refractivity contribution >= 4 is 32.3 Å². The third-order valence-corrected chi connectivity index (χ3v) is 7.50. The van der Waals surface area contributed by atoms with Gasteiger partial charge in [0.15, 0.2) is 9.84 Å². The van der Waals surface area contributed by atoms with Gasteiger partial charge < -0.3 is 15.7 Å². The van der Waals surface area contributed by atoms with E-state index in [2.05, 4.69) is 5.10 Å². The summed E-state index contributed by atoms with van der Waals surface area (Å²) in [6.45, 7) is 0.120. The van der Waals surface area contributed by atoms with Crippen molar-refractivity contribution in [2.24, 2.45) is 11.7 Å². The van der Waals surface area contributed by atoms with Gasteiger partial charge in [0.25, 0.3) is 0 Å². The summed E-state index contributed by atoms with van der Waals surface area (Å²) in [6, 6.07) is 1.05. The van der Waals surface area contributed by atoms with Crippen molar-refractivity contribution in [3.63, 3.8) is 0 Å². The fourth-order valence-corrected chi connectivity index (χ4v) is 5.49. The predicted molar refractivity (Wildman–Crippen MR) is 120 cm³/mol. The van der Waals surface area contributed by atoms with Crippen molar-refractivity contribution in [1.29, 1.82) is 0 Å². The van der Waals surface area contributed by atoms with E-state index in [-0.39, 0.29) is 29.1 Å². The SMILES string of the molecule is CS(=O)(=O)c1cc2nn(C3CCC(CO)CC3)cc2cc1N1C(C(F)(F)F)=CC=CC1C(N)=O. The molecule has 1 aliphatic carbocycles. The van der Waals surface area contributed by atoms with Gasteiger partial charge in [0, 0.05) is 24.4 Å². The lowest BCUT2D eigenvalue weighted by molar-refractivity contribution is -0.119. The Morgan fingerprint density at radius 3 is 2.47 bits per heavy atom. The number of amides is 1. The van der Waals surface area contributed by atoms with Gasteiger partial charge in [0.05, 0.1) is 22.1 Å². The van der Waals surface area contributed by atoms with Gasteiger partial charge in [-0.1, -0.05) is 12.2 Å². The molecule has 0 bridgehead atoms. The number of carbonyl (C=O) groups is 1. The molecule has 1 unspecified atom stereocenters. The van der Waals surface area contributed by atoms with E-state index in [0.29, 0.717) is 15.8 Å². The maximum absolute atomic E-state index is 13.9. The van der Waals surface area contributed by atoms with Crippen LogP contribution in [0.1, 0.15) is 31.7 Å². The van der Waals surface area contributed by atoms with E-state index in [1.807, 2.05) is 0 Å². The largest absolute Gasteiger partial charge is 0.431 e. The number of primary amides is 1. The van der Waals surface area contributed by atoms with E-state index in [1.165, 1.54) is 18.2 Å². The van der Waals surface area contributed by atoms with Crippen LogP contribution in [0.3, 0.4) is 0 Å². The fourth-order valence-electron chi connectivity index (χ4n) is 4.62. The van der Waals surface area contributed by atoms with E-state index in [4.69, 9.17) is 5.73 Å². The molecule has 0 saturated heterocycles. The van der Waals surface area contributed by atoms with E-state index >= 15 is 0 Å². The van der Waals surface area contributed by atoms with Crippen LogP contribution in [0.2, 0.25) is 0 Å². The molecule has 1 saturated carbocycles. The van der Waals surface area contributed by atoms with E-state index in [9.17, 15) is 31.5 Å². The van der Waals surface area contributed by atoms with Crippen LogP contribution >= 0.6 is 0 Å². The summed E-state index contributed by atoms with van der Waals surface area (Å²) in [6.07, 6.45) is 3.92. The number of allylic oxidation sites excluding steroid dienone is 3. The zero-order valence-corrected chi connectivity index (χ0v) is 19.2. The molecule has 1 aromatic heterocycles. The molecule has 0 radical (unpaired) electrons. The Morgan fingerprint density at radius 2 is 1.91 bits per heavy atom. The number of carbonyl (C=O) groups excluding carboxylic acids is 1. The van der Waals surface area contributed by atoms with Crippen LogP contribution in [-0.2, 0) is 14.6 Å². The van der Waals surface area contributed by atoms with Crippen molar-refractivity contribution < 1.29 is 31.5 Å². The molecule has 1 atom stereocenters. The van der Waals surface area contributed by atoms with Crippen LogP contribution in [0, 0.1) is 5.92 Å². The third-order valence-electron chi connectivity index (χ3n) is 6.38. The van der Waals surface area contributed by atoms with Crippen LogP contribution in [0.5, 0.6) is 0 Å². The molecule has 3 N–H and O–H groups in total. The lowest BCUT2D eigenvalue weighted by Crippen LogP contribution is -2.48. The molecular weight excluding hydrogens is 473 g/mol. The number of fused-ring (bicyclic) bond motifs is 1. The number of aromatic nitrogens is 2. The summed E-state index contributed by atoms with van der Waals surface area (Å²) in [5.41, 5.74) is 4.21. The first kappa shape index (κ1) is 24.3. The van der Waals surface area contributed by atoms with Gasteiger partial charge in [-0.05, 0) is 49.8 Å². The quantitative estimate of drug-likeness (QED) is 0.655. The smallest absolute Gasteiger partial charge is 0.396 e. The number of hydrogen-bond acceptors (Lipinski definition) is 6. The molecule has 2 aromatic rings. The van der Waals surface area contributed by atoms with Gasteiger partial charge in [-0.3, -0.25) is 9.48 Å². The third kappa shape index (κ3) is 4.56. The minimum Gasteiger partial charge on any atom is -0.396 e. The lowest BCUT2D eigenvalue weighted by Gasteiger charge is -2.35. The lowest BCUT2D eigenvalue weighted by atomic mass is 9.87. The van der Waals surface area contributed by atoms with Crippen molar-refractivity contribution in [2.75, 3.05) is 17.8 Å². The normalized spacial score (nSPS) is 23.9. The number of anilines is 1. The number of hydrogen-bond donors (Lipinski definition) is 2. The summed E-state index contributed by atoms with van der Waals surface area (Å²) >= 11 is 0. The van der Waals surface area contributed by atoms with E-state index in [1.54, 1.807) is 10.9 Å².